The molecular formula is C14H21FN4O. The average molecular weight is 280 g/mol. The van der Waals surface area contributed by atoms with Crippen LogP contribution in [0.3, 0.4) is 0 Å². The van der Waals surface area contributed by atoms with Crippen LogP contribution >= 0.6 is 0 Å². The zero-order valence-corrected chi connectivity index (χ0v) is 11.9. The van der Waals surface area contributed by atoms with Gasteiger partial charge in [-0.3, -0.25) is 4.79 Å². The van der Waals surface area contributed by atoms with Gasteiger partial charge in [-0.1, -0.05) is 0 Å². The summed E-state index contributed by atoms with van der Waals surface area (Å²) in [6.07, 6.45) is 2.95. The molecule has 0 bridgehead atoms. The number of carbonyl (C=O) groups excluding carboxylic acids is 1. The summed E-state index contributed by atoms with van der Waals surface area (Å²) < 4.78 is 13.3. The molecule has 0 aromatic carbocycles. The highest BCUT2D eigenvalue weighted by atomic mass is 19.1. The van der Waals surface area contributed by atoms with Crippen LogP contribution in [0.2, 0.25) is 0 Å². The Labute approximate surface area is 118 Å². The number of rotatable bonds is 4. The lowest BCUT2D eigenvalue weighted by Crippen LogP contribution is -2.43. The van der Waals surface area contributed by atoms with E-state index in [4.69, 9.17) is 0 Å². The summed E-state index contributed by atoms with van der Waals surface area (Å²) in [5, 5.41) is 5.95. The first-order valence-corrected chi connectivity index (χ1v) is 6.99. The van der Waals surface area contributed by atoms with Gasteiger partial charge in [-0.15, -0.1) is 0 Å². The molecule has 2 rings (SSSR count). The summed E-state index contributed by atoms with van der Waals surface area (Å²) in [6, 6.07) is 1.38. The predicted octanol–water partition coefficient (Wildman–Crippen LogP) is 1.48. The molecule has 1 aromatic rings. The topological polar surface area (TPSA) is 57.3 Å². The van der Waals surface area contributed by atoms with Crippen molar-refractivity contribution < 1.29 is 9.18 Å². The van der Waals surface area contributed by atoms with E-state index in [1.807, 2.05) is 6.92 Å². The Morgan fingerprint density at radius 3 is 2.85 bits per heavy atom. The minimum Gasteiger partial charge on any atom is -0.370 e. The summed E-state index contributed by atoms with van der Waals surface area (Å²) in [6.45, 7) is 4.47. The van der Waals surface area contributed by atoms with E-state index in [2.05, 4.69) is 27.6 Å². The molecule has 0 atom stereocenters. The minimum absolute atomic E-state index is 0.149. The normalized spacial score (nSPS) is 16.9. The van der Waals surface area contributed by atoms with Crippen LogP contribution in [-0.2, 0) is 0 Å². The molecule has 1 amide bonds. The van der Waals surface area contributed by atoms with Gasteiger partial charge in [-0.25, -0.2) is 9.37 Å². The van der Waals surface area contributed by atoms with E-state index in [1.165, 1.54) is 6.07 Å². The molecule has 0 spiro atoms. The van der Waals surface area contributed by atoms with Crippen molar-refractivity contribution in [3.05, 3.63) is 23.6 Å². The summed E-state index contributed by atoms with van der Waals surface area (Å²) in [5.74, 6) is -0.331. The Kier molecular flexibility index (Phi) is 4.89. The molecule has 1 fully saturated rings. The monoisotopic (exact) mass is 280 g/mol. The second-order valence-corrected chi connectivity index (χ2v) is 5.13. The highest BCUT2D eigenvalue weighted by Crippen LogP contribution is 2.15. The predicted molar refractivity (Wildman–Crippen MR) is 76.3 cm³/mol. The van der Waals surface area contributed by atoms with Crippen molar-refractivity contribution >= 4 is 11.7 Å². The third-order valence-corrected chi connectivity index (χ3v) is 3.50. The first-order chi connectivity index (χ1) is 9.60. The second kappa shape index (κ2) is 6.65. The van der Waals surface area contributed by atoms with Crippen LogP contribution in [0.4, 0.5) is 10.2 Å². The molecular weight excluding hydrogens is 259 g/mol. The molecule has 1 aromatic heterocycles. The lowest BCUT2D eigenvalue weighted by molar-refractivity contribution is 0.0917. The Morgan fingerprint density at radius 2 is 2.20 bits per heavy atom. The van der Waals surface area contributed by atoms with Crippen LogP contribution in [0, 0.1) is 5.82 Å². The Hall–Kier alpha value is -1.69. The molecule has 1 aliphatic rings. The van der Waals surface area contributed by atoms with Crippen molar-refractivity contribution in [1.29, 1.82) is 0 Å². The van der Waals surface area contributed by atoms with Crippen LogP contribution in [0.5, 0.6) is 0 Å². The van der Waals surface area contributed by atoms with Crippen molar-refractivity contribution in [2.45, 2.75) is 25.8 Å². The average Bonchev–Trinajstić information content (AvgIpc) is 2.43. The van der Waals surface area contributed by atoms with Crippen molar-refractivity contribution in [1.82, 2.24) is 15.2 Å². The van der Waals surface area contributed by atoms with E-state index in [9.17, 15) is 9.18 Å². The van der Waals surface area contributed by atoms with Crippen molar-refractivity contribution in [3.63, 3.8) is 0 Å². The number of nitrogens with one attached hydrogen (secondary N) is 2. The SMILES string of the molecule is CCNc1ncc(F)cc1C(=O)NC1CCN(C)CC1. The zero-order chi connectivity index (χ0) is 14.5. The summed E-state index contributed by atoms with van der Waals surface area (Å²) in [4.78, 5) is 18.4. The molecule has 5 nitrogen and oxygen atoms in total. The van der Waals surface area contributed by atoms with E-state index in [1.54, 1.807) is 0 Å². The fourth-order valence-corrected chi connectivity index (χ4v) is 2.34. The van der Waals surface area contributed by atoms with E-state index in [0.717, 1.165) is 32.1 Å². The fraction of sp³-hybridized carbons (Fsp3) is 0.571. The molecule has 2 N–H and O–H groups in total. The smallest absolute Gasteiger partial charge is 0.255 e. The first-order valence-electron chi connectivity index (χ1n) is 6.99. The molecule has 2 heterocycles. The maximum Gasteiger partial charge on any atom is 0.255 e. The highest BCUT2D eigenvalue weighted by Gasteiger charge is 2.21. The van der Waals surface area contributed by atoms with Gasteiger partial charge >= 0.3 is 0 Å². The zero-order valence-electron chi connectivity index (χ0n) is 11.9. The van der Waals surface area contributed by atoms with Crippen LogP contribution in [0.1, 0.15) is 30.1 Å². The third kappa shape index (κ3) is 3.66. The highest BCUT2D eigenvalue weighted by molar-refractivity contribution is 5.98. The molecule has 1 saturated heterocycles. The van der Waals surface area contributed by atoms with Crippen molar-refractivity contribution in [3.8, 4) is 0 Å². The maximum absolute atomic E-state index is 13.3. The number of likely N-dealkylation sites (tertiary alicyclic amines) is 1. The number of amides is 1. The van der Waals surface area contributed by atoms with Crippen LogP contribution in [0.15, 0.2) is 12.3 Å². The van der Waals surface area contributed by atoms with Gasteiger partial charge in [0.1, 0.15) is 11.6 Å². The molecule has 20 heavy (non-hydrogen) atoms. The molecule has 0 aliphatic carbocycles. The third-order valence-electron chi connectivity index (χ3n) is 3.50. The van der Waals surface area contributed by atoms with Gasteiger partial charge in [0.2, 0.25) is 0 Å². The number of aromatic nitrogens is 1. The molecule has 0 radical (unpaired) electrons. The quantitative estimate of drug-likeness (QED) is 0.877. The summed E-state index contributed by atoms with van der Waals surface area (Å²) >= 11 is 0. The standard InChI is InChI=1S/C14H21FN4O/c1-3-16-13-12(8-10(15)9-17-13)14(20)18-11-4-6-19(2)7-5-11/h8-9,11H,3-7H2,1-2H3,(H,16,17)(H,18,20). The lowest BCUT2D eigenvalue weighted by Gasteiger charge is -2.29. The maximum atomic E-state index is 13.3. The molecule has 0 saturated carbocycles. The molecule has 6 heteroatoms. The number of piperidine rings is 1. The van der Waals surface area contributed by atoms with Crippen molar-refractivity contribution in [2.24, 2.45) is 0 Å². The lowest BCUT2D eigenvalue weighted by atomic mass is 10.0. The van der Waals surface area contributed by atoms with Gasteiger partial charge in [0.25, 0.3) is 5.91 Å². The Bertz CT molecular complexity index is 472. The number of nitrogens with zero attached hydrogens (tertiary/aromatic N) is 2. The molecule has 1 aliphatic heterocycles. The van der Waals surface area contributed by atoms with Crippen molar-refractivity contribution in [2.75, 3.05) is 32.0 Å². The van der Waals surface area contributed by atoms with E-state index < -0.39 is 5.82 Å². The number of anilines is 1. The van der Waals surface area contributed by atoms with Gasteiger partial charge in [0.15, 0.2) is 0 Å². The molecule has 110 valence electrons. The number of hydrogen-bond acceptors (Lipinski definition) is 4. The fourth-order valence-electron chi connectivity index (χ4n) is 2.34. The largest absolute Gasteiger partial charge is 0.370 e. The van der Waals surface area contributed by atoms with Crippen LogP contribution in [0.25, 0.3) is 0 Å². The van der Waals surface area contributed by atoms with E-state index in [-0.39, 0.29) is 17.5 Å². The number of carbonyl (C=O) groups is 1. The van der Waals surface area contributed by atoms with E-state index in [0.29, 0.717) is 12.4 Å². The number of hydrogen-bond donors (Lipinski definition) is 2. The van der Waals surface area contributed by atoms with Gasteiger partial charge in [0, 0.05) is 12.6 Å². The number of halogens is 1. The van der Waals surface area contributed by atoms with Gasteiger partial charge < -0.3 is 15.5 Å². The molecule has 0 unspecified atom stereocenters. The van der Waals surface area contributed by atoms with E-state index >= 15 is 0 Å². The second-order valence-electron chi connectivity index (χ2n) is 5.13. The first kappa shape index (κ1) is 14.7. The van der Waals surface area contributed by atoms with Gasteiger partial charge in [-0.2, -0.15) is 0 Å². The summed E-state index contributed by atoms with van der Waals surface area (Å²) in [7, 11) is 2.07. The van der Waals surface area contributed by atoms with Gasteiger partial charge in [0.05, 0.1) is 11.8 Å². The Balaban J connectivity index is 2.06. The van der Waals surface area contributed by atoms with Crippen LogP contribution in [-0.4, -0.2) is 48.5 Å². The Morgan fingerprint density at radius 1 is 1.50 bits per heavy atom. The van der Waals surface area contributed by atoms with Crippen LogP contribution < -0.4 is 10.6 Å². The minimum atomic E-state index is -0.500. The number of pyridine rings is 1. The summed E-state index contributed by atoms with van der Waals surface area (Å²) in [5.41, 5.74) is 0.269. The van der Waals surface area contributed by atoms with Gasteiger partial charge in [-0.05, 0) is 46.0 Å².